The number of nitrogens with zero attached hydrogens (tertiary/aromatic N) is 3. The number of nitrogens with one attached hydrogen (secondary N) is 1. The van der Waals surface area contributed by atoms with E-state index >= 15 is 0 Å². The quantitative estimate of drug-likeness (QED) is 0.564. The molecular weight excluding hydrogens is 400 g/mol. The standard InChI is InChI=1S/C22H24N4O5/c1-31-20-9-8-18(26(29)30)13-19(20)23-22(28)15-12-21(27)25(14-15)17-6-4-16(5-7-17)24-10-2-3-11-24/h4-9,13,15H,2-3,10-12,14H2,1H3,(H,23,28). The number of rotatable bonds is 6. The van der Waals surface area contributed by atoms with E-state index in [1.807, 2.05) is 24.3 Å². The van der Waals surface area contributed by atoms with Crippen LogP contribution in [0.25, 0.3) is 0 Å². The predicted molar refractivity (Wildman–Crippen MR) is 117 cm³/mol. The van der Waals surface area contributed by atoms with Crippen molar-refractivity contribution in [3.05, 3.63) is 52.6 Å². The minimum atomic E-state index is -0.560. The van der Waals surface area contributed by atoms with Crippen LogP contribution in [0.15, 0.2) is 42.5 Å². The summed E-state index contributed by atoms with van der Waals surface area (Å²) in [5.74, 6) is -0.740. The normalized spacial score (nSPS) is 18.4. The lowest BCUT2D eigenvalue weighted by atomic mass is 10.1. The third-order valence-electron chi connectivity index (χ3n) is 5.78. The second-order valence-electron chi connectivity index (χ2n) is 7.75. The zero-order chi connectivity index (χ0) is 22.0. The Kier molecular flexibility index (Phi) is 5.75. The molecule has 2 aliphatic rings. The maximum absolute atomic E-state index is 12.8. The fraction of sp³-hybridized carbons (Fsp3) is 0.364. The van der Waals surface area contributed by atoms with Gasteiger partial charge in [0.1, 0.15) is 5.75 Å². The molecule has 31 heavy (non-hydrogen) atoms. The fourth-order valence-corrected chi connectivity index (χ4v) is 4.09. The average molecular weight is 424 g/mol. The van der Waals surface area contributed by atoms with E-state index in [4.69, 9.17) is 4.74 Å². The Balaban J connectivity index is 1.45. The Morgan fingerprint density at radius 1 is 1.13 bits per heavy atom. The summed E-state index contributed by atoms with van der Waals surface area (Å²) in [7, 11) is 1.42. The summed E-state index contributed by atoms with van der Waals surface area (Å²) in [6, 6.07) is 11.8. The van der Waals surface area contributed by atoms with Crippen LogP contribution in [0.3, 0.4) is 0 Å². The molecule has 9 nitrogen and oxygen atoms in total. The third kappa shape index (κ3) is 4.30. The van der Waals surface area contributed by atoms with Gasteiger partial charge in [-0.1, -0.05) is 0 Å². The number of non-ortho nitro benzene ring substituents is 1. The molecule has 0 bridgehead atoms. The lowest BCUT2D eigenvalue weighted by Crippen LogP contribution is -2.28. The van der Waals surface area contributed by atoms with E-state index in [2.05, 4.69) is 10.2 Å². The van der Waals surface area contributed by atoms with E-state index < -0.39 is 10.8 Å². The lowest BCUT2D eigenvalue weighted by molar-refractivity contribution is -0.384. The average Bonchev–Trinajstić information content (AvgIpc) is 3.44. The molecule has 0 aliphatic carbocycles. The minimum absolute atomic E-state index is 0.0803. The predicted octanol–water partition coefficient (Wildman–Crippen LogP) is 3.20. The molecule has 0 aromatic heterocycles. The molecule has 1 N–H and O–H groups in total. The third-order valence-corrected chi connectivity index (χ3v) is 5.78. The highest BCUT2D eigenvalue weighted by molar-refractivity contribution is 6.04. The van der Waals surface area contributed by atoms with Crippen LogP contribution in [-0.4, -0.2) is 43.5 Å². The molecule has 162 valence electrons. The Morgan fingerprint density at radius 2 is 1.81 bits per heavy atom. The molecule has 0 saturated carbocycles. The molecule has 2 fully saturated rings. The van der Waals surface area contributed by atoms with Crippen molar-refractivity contribution in [1.82, 2.24) is 0 Å². The van der Waals surface area contributed by atoms with Gasteiger partial charge in [-0.15, -0.1) is 0 Å². The molecule has 2 heterocycles. The molecular formula is C22H24N4O5. The number of hydrogen-bond acceptors (Lipinski definition) is 6. The number of ether oxygens (including phenoxy) is 1. The van der Waals surface area contributed by atoms with Crippen molar-refractivity contribution in [2.24, 2.45) is 5.92 Å². The molecule has 4 rings (SSSR count). The highest BCUT2D eigenvalue weighted by Crippen LogP contribution is 2.32. The highest BCUT2D eigenvalue weighted by Gasteiger charge is 2.35. The fourth-order valence-electron chi connectivity index (χ4n) is 4.09. The van der Waals surface area contributed by atoms with Gasteiger partial charge in [-0.2, -0.15) is 0 Å². The smallest absolute Gasteiger partial charge is 0.271 e. The number of amides is 2. The summed E-state index contributed by atoms with van der Waals surface area (Å²) < 4.78 is 5.19. The van der Waals surface area contributed by atoms with Crippen molar-refractivity contribution in [2.75, 3.05) is 41.9 Å². The van der Waals surface area contributed by atoms with E-state index in [0.717, 1.165) is 24.5 Å². The van der Waals surface area contributed by atoms with Gasteiger partial charge in [0, 0.05) is 49.6 Å². The Bertz CT molecular complexity index is 1000. The number of nitro groups is 1. The maximum Gasteiger partial charge on any atom is 0.271 e. The van der Waals surface area contributed by atoms with Crippen LogP contribution in [0.1, 0.15) is 19.3 Å². The number of hydrogen-bond donors (Lipinski definition) is 1. The molecule has 2 amide bonds. The summed E-state index contributed by atoms with van der Waals surface area (Å²) in [6.07, 6.45) is 2.47. The molecule has 9 heteroatoms. The van der Waals surface area contributed by atoms with Gasteiger partial charge in [0.25, 0.3) is 5.69 Å². The van der Waals surface area contributed by atoms with Crippen molar-refractivity contribution in [2.45, 2.75) is 19.3 Å². The SMILES string of the molecule is COc1ccc([N+](=O)[O-])cc1NC(=O)C1CC(=O)N(c2ccc(N3CCCC3)cc2)C1. The summed E-state index contributed by atoms with van der Waals surface area (Å²) in [6.45, 7) is 2.35. The molecule has 1 unspecified atom stereocenters. The van der Waals surface area contributed by atoms with E-state index in [1.54, 1.807) is 4.90 Å². The van der Waals surface area contributed by atoms with E-state index in [1.165, 1.54) is 38.2 Å². The van der Waals surface area contributed by atoms with E-state index in [9.17, 15) is 19.7 Å². The van der Waals surface area contributed by atoms with Gasteiger partial charge < -0.3 is 19.9 Å². The maximum atomic E-state index is 12.8. The second kappa shape index (κ2) is 8.63. The summed E-state index contributed by atoms with van der Waals surface area (Å²) >= 11 is 0. The molecule has 2 aromatic carbocycles. The summed E-state index contributed by atoms with van der Waals surface area (Å²) in [5.41, 5.74) is 1.96. The van der Waals surface area contributed by atoms with Crippen molar-refractivity contribution in [3.63, 3.8) is 0 Å². The Labute approximate surface area is 179 Å². The summed E-state index contributed by atoms with van der Waals surface area (Å²) in [4.78, 5) is 39.8. The van der Waals surface area contributed by atoms with Crippen LogP contribution in [-0.2, 0) is 9.59 Å². The number of carbonyl (C=O) groups is 2. The van der Waals surface area contributed by atoms with Gasteiger partial charge in [-0.05, 0) is 43.2 Å². The first-order valence-electron chi connectivity index (χ1n) is 10.2. The Morgan fingerprint density at radius 3 is 2.45 bits per heavy atom. The van der Waals surface area contributed by atoms with Gasteiger partial charge in [0.2, 0.25) is 11.8 Å². The van der Waals surface area contributed by atoms with Crippen molar-refractivity contribution in [1.29, 1.82) is 0 Å². The number of carbonyl (C=O) groups excluding carboxylic acids is 2. The number of methoxy groups -OCH3 is 1. The van der Waals surface area contributed by atoms with Crippen molar-refractivity contribution >= 4 is 34.6 Å². The Hall–Kier alpha value is -3.62. The van der Waals surface area contributed by atoms with Crippen LogP contribution in [0.2, 0.25) is 0 Å². The topological polar surface area (TPSA) is 105 Å². The first-order valence-corrected chi connectivity index (χ1v) is 10.2. The minimum Gasteiger partial charge on any atom is -0.495 e. The van der Waals surface area contributed by atoms with Gasteiger partial charge in [-0.3, -0.25) is 19.7 Å². The molecule has 2 aliphatic heterocycles. The first kappa shape index (κ1) is 20.6. The van der Waals surface area contributed by atoms with Gasteiger partial charge >= 0.3 is 0 Å². The summed E-state index contributed by atoms with van der Waals surface area (Å²) in [5, 5.41) is 13.7. The zero-order valence-electron chi connectivity index (χ0n) is 17.2. The lowest BCUT2D eigenvalue weighted by Gasteiger charge is -2.21. The monoisotopic (exact) mass is 424 g/mol. The number of nitro benzene ring substituents is 1. The van der Waals surface area contributed by atoms with Crippen LogP contribution in [0.4, 0.5) is 22.7 Å². The molecule has 0 spiro atoms. The van der Waals surface area contributed by atoms with Crippen LogP contribution in [0, 0.1) is 16.0 Å². The number of anilines is 3. The van der Waals surface area contributed by atoms with E-state index in [0.29, 0.717) is 5.75 Å². The van der Waals surface area contributed by atoms with Gasteiger partial charge in [0.15, 0.2) is 0 Å². The van der Waals surface area contributed by atoms with Gasteiger partial charge in [0.05, 0.1) is 23.6 Å². The molecule has 0 radical (unpaired) electrons. The van der Waals surface area contributed by atoms with Crippen LogP contribution in [0.5, 0.6) is 5.75 Å². The van der Waals surface area contributed by atoms with Crippen molar-refractivity contribution in [3.8, 4) is 5.75 Å². The first-order chi connectivity index (χ1) is 15.0. The van der Waals surface area contributed by atoms with Crippen molar-refractivity contribution < 1.29 is 19.2 Å². The zero-order valence-corrected chi connectivity index (χ0v) is 17.2. The van der Waals surface area contributed by atoms with Crippen LogP contribution < -0.4 is 19.9 Å². The largest absolute Gasteiger partial charge is 0.495 e. The van der Waals surface area contributed by atoms with E-state index in [-0.39, 0.29) is 36.2 Å². The van der Waals surface area contributed by atoms with Gasteiger partial charge in [-0.25, -0.2) is 0 Å². The molecule has 1 atom stereocenters. The molecule has 2 aromatic rings. The highest BCUT2D eigenvalue weighted by atomic mass is 16.6. The second-order valence-corrected chi connectivity index (χ2v) is 7.75. The molecule has 2 saturated heterocycles. The van der Waals surface area contributed by atoms with Crippen LogP contribution >= 0.6 is 0 Å². The number of benzene rings is 2.